The molecule has 0 fully saturated rings. The van der Waals surface area contributed by atoms with Crippen molar-refractivity contribution in [1.29, 1.82) is 0 Å². The molecule has 0 saturated carbocycles. The van der Waals surface area contributed by atoms with Crippen molar-refractivity contribution in [2.75, 3.05) is 13.6 Å². The SMILES string of the molecule is CCCC(C)C(CNC)c1ccncc1. The van der Waals surface area contributed by atoms with Gasteiger partial charge in [-0.1, -0.05) is 26.7 Å². The summed E-state index contributed by atoms with van der Waals surface area (Å²) in [5.41, 5.74) is 1.40. The summed E-state index contributed by atoms with van der Waals surface area (Å²) in [6.45, 7) is 5.64. The van der Waals surface area contributed by atoms with Gasteiger partial charge in [-0.15, -0.1) is 0 Å². The number of rotatable bonds is 6. The molecule has 1 aromatic rings. The number of nitrogens with one attached hydrogen (secondary N) is 1. The molecule has 0 aliphatic carbocycles. The fourth-order valence-electron chi connectivity index (χ4n) is 2.13. The lowest BCUT2D eigenvalue weighted by atomic mass is 9.85. The van der Waals surface area contributed by atoms with E-state index in [4.69, 9.17) is 0 Å². The van der Waals surface area contributed by atoms with Gasteiger partial charge >= 0.3 is 0 Å². The van der Waals surface area contributed by atoms with E-state index in [2.05, 4.69) is 36.3 Å². The fourth-order valence-corrected chi connectivity index (χ4v) is 2.13. The van der Waals surface area contributed by atoms with Crippen LogP contribution in [0.5, 0.6) is 0 Å². The van der Waals surface area contributed by atoms with Gasteiger partial charge in [-0.3, -0.25) is 4.98 Å². The van der Waals surface area contributed by atoms with Crippen LogP contribution in [0.1, 0.15) is 38.2 Å². The van der Waals surface area contributed by atoms with Gasteiger partial charge < -0.3 is 5.32 Å². The summed E-state index contributed by atoms with van der Waals surface area (Å²) in [5, 5.41) is 3.29. The van der Waals surface area contributed by atoms with E-state index in [1.54, 1.807) is 0 Å². The highest BCUT2D eigenvalue weighted by Gasteiger charge is 2.17. The number of hydrogen-bond donors (Lipinski definition) is 1. The summed E-state index contributed by atoms with van der Waals surface area (Å²) in [4.78, 5) is 4.07. The van der Waals surface area contributed by atoms with Gasteiger partial charge in [0.25, 0.3) is 0 Å². The van der Waals surface area contributed by atoms with Gasteiger partial charge in [0.05, 0.1) is 0 Å². The average molecular weight is 206 g/mol. The van der Waals surface area contributed by atoms with Crippen molar-refractivity contribution in [3.05, 3.63) is 30.1 Å². The van der Waals surface area contributed by atoms with Crippen LogP contribution >= 0.6 is 0 Å². The molecule has 0 saturated heterocycles. The maximum Gasteiger partial charge on any atom is 0.0270 e. The van der Waals surface area contributed by atoms with E-state index in [9.17, 15) is 0 Å². The predicted octanol–water partition coefficient (Wildman–Crippen LogP) is 2.82. The van der Waals surface area contributed by atoms with Crippen LogP contribution in [-0.2, 0) is 0 Å². The number of likely N-dealkylation sites (N-methyl/N-ethyl adjacent to an activating group) is 1. The Morgan fingerprint density at radius 1 is 1.33 bits per heavy atom. The topological polar surface area (TPSA) is 24.9 Å². The molecule has 0 aliphatic rings. The molecule has 1 N–H and O–H groups in total. The number of nitrogens with zero attached hydrogens (tertiary/aromatic N) is 1. The van der Waals surface area contributed by atoms with Crippen molar-refractivity contribution in [2.45, 2.75) is 32.6 Å². The molecule has 2 atom stereocenters. The fraction of sp³-hybridized carbons (Fsp3) is 0.615. The predicted molar refractivity (Wildman–Crippen MR) is 65.0 cm³/mol. The number of aromatic nitrogens is 1. The molecule has 2 heteroatoms. The number of hydrogen-bond acceptors (Lipinski definition) is 2. The largest absolute Gasteiger partial charge is 0.319 e. The Balaban J connectivity index is 2.73. The van der Waals surface area contributed by atoms with Gasteiger partial charge in [-0.25, -0.2) is 0 Å². The molecule has 0 spiro atoms. The molecule has 15 heavy (non-hydrogen) atoms. The first kappa shape index (κ1) is 12.2. The van der Waals surface area contributed by atoms with E-state index < -0.39 is 0 Å². The Kier molecular flexibility index (Phi) is 5.33. The van der Waals surface area contributed by atoms with E-state index in [1.165, 1.54) is 18.4 Å². The van der Waals surface area contributed by atoms with Crippen molar-refractivity contribution < 1.29 is 0 Å². The zero-order chi connectivity index (χ0) is 11.1. The minimum absolute atomic E-state index is 0.609. The molecule has 1 aromatic heterocycles. The van der Waals surface area contributed by atoms with Gasteiger partial charge in [-0.2, -0.15) is 0 Å². The molecule has 1 rings (SSSR count). The second-order valence-corrected chi connectivity index (χ2v) is 4.21. The van der Waals surface area contributed by atoms with E-state index in [0.717, 1.165) is 12.5 Å². The maximum absolute atomic E-state index is 4.07. The van der Waals surface area contributed by atoms with Crippen LogP contribution in [0, 0.1) is 5.92 Å². The van der Waals surface area contributed by atoms with E-state index >= 15 is 0 Å². The first-order chi connectivity index (χ1) is 7.29. The third-order valence-electron chi connectivity index (χ3n) is 2.99. The molecular formula is C13H22N2. The molecule has 84 valence electrons. The number of pyridine rings is 1. The lowest BCUT2D eigenvalue weighted by Gasteiger charge is -2.23. The van der Waals surface area contributed by atoms with E-state index in [0.29, 0.717) is 5.92 Å². The minimum atomic E-state index is 0.609. The third kappa shape index (κ3) is 3.63. The van der Waals surface area contributed by atoms with Crippen LogP contribution in [-0.4, -0.2) is 18.6 Å². The maximum atomic E-state index is 4.07. The summed E-state index contributed by atoms with van der Waals surface area (Å²) in [6, 6.07) is 4.27. The van der Waals surface area contributed by atoms with Crippen LogP contribution in [0.3, 0.4) is 0 Å². The highest BCUT2D eigenvalue weighted by Crippen LogP contribution is 2.26. The average Bonchev–Trinajstić information content (AvgIpc) is 2.27. The molecule has 1 heterocycles. The zero-order valence-corrected chi connectivity index (χ0v) is 10.0. The highest BCUT2D eigenvalue weighted by atomic mass is 14.8. The summed E-state index contributed by atoms with van der Waals surface area (Å²) in [7, 11) is 2.02. The van der Waals surface area contributed by atoms with Gasteiger partial charge in [0.2, 0.25) is 0 Å². The van der Waals surface area contributed by atoms with Crippen molar-refractivity contribution in [3.63, 3.8) is 0 Å². The van der Waals surface area contributed by atoms with Gasteiger partial charge in [-0.05, 0) is 36.6 Å². The van der Waals surface area contributed by atoms with Crippen LogP contribution in [0.2, 0.25) is 0 Å². The molecule has 2 nitrogen and oxygen atoms in total. The first-order valence-corrected chi connectivity index (χ1v) is 5.84. The van der Waals surface area contributed by atoms with E-state index in [1.807, 2.05) is 19.4 Å². The van der Waals surface area contributed by atoms with E-state index in [-0.39, 0.29) is 0 Å². The second-order valence-electron chi connectivity index (χ2n) is 4.21. The molecule has 0 aromatic carbocycles. The third-order valence-corrected chi connectivity index (χ3v) is 2.99. The van der Waals surface area contributed by atoms with Gasteiger partial charge in [0.1, 0.15) is 0 Å². The van der Waals surface area contributed by atoms with Gasteiger partial charge in [0.15, 0.2) is 0 Å². The van der Waals surface area contributed by atoms with Crippen LogP contribution in [0.25, 0.3) is 0 Å². The molecule has 0 bridgehead atoms. The minimum Gasteiger partial charge on any atom is -0.319 e. The molecular weight excluding hydrogens is 184 g/mol. The van der Waals surface area contributed by atoms with Crippen LogP contribution in [0.15, 0.2) is 24.5 Å². The van der Waals surface area contributed by atoms with Crippen molar-refractivity contribution >= 4 is 0 Å². The van der Waals surface area contributed by atoms with Crippen molar-refractivity contribution in [3.8, 4) is 0 Å². The summed E-state index contributed by atoms with van der Waals surface area (Å²) < 4.78 is 0. The summed E-state index contributed by atoms with van der Waals surface area (Å²) in [6.07, 6.45) is 6.31. The lowest BCUT2D eigenvalue weighted by molar-refractivity contribution is 0.412. The smallest absolute Gasteiger partial charge is 0.0270 e. The van der Waals surface area contributed by atoms with Gasteiger partial charge in [0, 0.05) is 18.9 Å². The van der Waals surface area contributed by atoms with Crippen LogP contribution < -0.4 is 5.32 Å². The second kappa shape index (κ2) is 6.57. The molecule has 0 amide bonds. The molecule has 0 radical (unpaired) electrons. The normalized spacial score (nSPS) is 14.9. The van der Waals surface area contributed by atoms with Crippen molar-refractivity contribution in [2.24, 2.45) is 5.92 Å². The van der Waals surface area contributed by atoms with Crippen LogP contribution in [0.4, 0.5) is 0 Å². The Morgan fingerprint density at radius 2 is 2.00 bits per heavy atom. The zero-order valence-electron chi connectivity index (χ0n) is 10.0. The summed E-state index contributed by atoms with van der Waals surface area (Å²) in [5.74, 6) is 1.34. The standard InChI is InChI=1S/C13H22N2/c1-4-5-11(2)13(10-14-3)12-6-8-15-9-7-12/h6-9,11,13-14H,4-5,10H2,1-3H3. The summed E-state index contributed by atoms with van der Waals surface area (Å²) >= 11 is 0. The monoisotopic (exact) mass is 206 g/mol. The molecule has 0 aliphatic heterocycles. The first-order valence-electron chi connectivity index (χ1n) is 5.84. The Morgan fingerprint density at radius 3 is 2.53 bits per heavy atom. The highest BCUT2D eigenvalue weighted by molar-refractivity contribution is 5.17. The lowest BCUT2D eigenvalue weighted by Crippen LogP contribution is -2.22. The Hall–Kier alpha value is -0.890. The molecule has 2 unspecified atom stereocenters. The van der Waals surface area contributed by atoms with Crippen molar-refractivity contribution in [1.82, 2.24) is 10.3 Å². The Labute approximate surface area is 93.1 Å². The quantitative estimate of drug-likeness (QED) is 0.774. The Bertz CT molecular complexity index is 258.